The van der Waals surface area contributed by atoms with Gasteiger partial charge in [-0.05, 0) is 58.1 Å². The Labute approximate surface area is 173 Å². The molecule has 0 aliphatic carbocycles. The predicted octanol–water partition coefficient (Wildman–Crippen LogP) is 3.89. The van der Waals surface area contributed by atoms with Crippen LogP contribution >= 0.6 is 15.9 Å². The van der Waals surface area contributed by atoms with Crippen molar-refractivity contribution in [3.8, 4) is 11.5 Å². The first-order chi connectivity index (χ1) is 13.4. The molecule has 6 nitrogen and oxygen atoms in total. The summed E-state index contributed by atoms with van der Waals surface area (Å²) in [6.45, 7) is 6.38. The molecule has 2 aromatic rings. The van der Waals surface area contributed by atoms with Crippen LogP contribution in [-0.2, 0) is 11.2 Å². The van der Waals surface area contributed by atoms with Gasteiger partial charge in [0.25, 0.3) is 11.8 Å². The fourth-order valence-electron chi connectivity index (χ4n) is 2.29. The van der Waals surface area contributed by atoms with Gasteiger partial charge in [-0.3, -0.25) is 20.4 Å². The molecule has 2 amide bonds. The summed E-state index contributed by atoms with van der Waals surface area (Å²) in [6.07, 6.45) is 0.910. The van der Waals surface area contributed by atoms with E-state index in [0.29, 0.717) is 29.6 Å². The van der Waals surface area contributed by atoms with Crippen molar-refractivity contribution in [3.63, 3.8) is 0 Å². The summed E-state index contributed by atoms with van der Waals surface area (Å²) < 4.78 is 11.9. The molecule has 0 fully saturated rings. The van der Waals surface area contributed by atoms with E-state index in [1.165, 1.54) is 0 Å². The Morgan fingerprint density at radius 1 is 1.04 bits per heavy atom. The van der Waals surface area contributed by atoms with E-state index >= 15 is 0 Å². The quantitative estimate of drug-likeness (QED) is 0.600. The Kier molecular flexibility index (Phi) is 8.32. The van der Waals surface area contributed by atoms with Crippen molar-refractivity contribution in [2.24, 2.45) is 5.92 Å². The number of aryl methyl sites for hydroxylation is 1. The predicted molar refractivity (Wildman–Crippen MR) is 111 cm³/mol. The highest BCUT2D eigenvalue weighted by atomic mass is 79.9. The number of carbonyl (C=O) groups is 2. The summed E-state index contributed by atoms with van der Waals surface area (Å²) in [5.41, 5.74) is 6.25. The molecule has 0 aliphatic rings. The summed E-state index contributed by atoms with van der Waals surface area (Å²) in [7, 11) is 0. The van der Waals surface area contributed by atoms with Gasteiger partial charge in [0.15, 0.2) is 6.61 Å². The number of hydrazine groups is 1. The van der Waals surface area contributed by atoms with Gasteiger partial charge >= 0.3 is 0 Å². The van der Waals surface area contributed by atoms with E-state index in [1.807, 2.05) is 26.0 Å². The minimum absolute atomic E-state index is 0.226. The third-order valence-electron chi connectivity index (χ3n) is 3.78. The summed E-state index contributed by atoms with van der Waals surface area (Å²) in [5.74, 6) is 0.436. The minimum atomic E-state index is -0.472. The molecular weight excluding hydrogens is 424 g/mol. The highest BCUT2D eigenvalue weighted by Gasteiger charge is 2.14. The van der Waals surface area contributed by atoms with Crippen molar-refractivity contribution in [2.75, 3.05) is 13.2 Å². The van der Waals surface area contributed by atoms with E-state index in [1.54, 1.807) is 30.3 Å². The van der Waals surface area contributed by atoms with E-state index in [9.17, 15) is 9.59 Å². The van der Waals surface area contributed by atoms with Crippen molar-refractivity contribution in [3.05, 3.63) is 58.1 Å². The Hall–Kier alpha value is -2.54. The number of ether oxygens (including phenoxy) is 2. The SMILES string of the molecule is CCc1ccc(OCC(=O)NNC(=O)c2ccccc2OCC(C)C)c(Br)c1. The molecule has 28 heavy (non-hydrogen) atoms. The Balaban J connectivity index is 1.86. The second kappa shape index (κ2) is 10.7. The van der Waals surface area contributed by atoms with Gasteiger partial charge in [-0.25, -0.2) is 0 Å². The number of amides is 2. The van der Waals surface area contributed by atoms with Crippen LogP contribution in [0.25, 0.3) is 0 Å². The molecule has 0 unspecified atom stereocenters. The van der Waals surface area contributed by atoms with Crippen LogP contribution in [0.1, 0.15) is 36.7 Å². The van der Waals surface area contributed by atoms with Crippen molar-refractivity contribution < 1.29 is 19.1 Å². The molecule has 0 saturated carbocycles. The zero-order valence-corrected chi connectivity index (χ0v) is 17.8. The van der Waals surface area contributed by atoms with Gasteiger partial charge in [-0.15, -0.1) is 0 Å². The zero-order chi connectivity index (χ0) is 20.5. The van der Waals surface area contributed by atoms with Crippen LogP contribution < -0.4 is 20.3 Å². The summed E-state index contributed by atoms with van der Waals surface area (Å²) in [4.78, 5) is 24.3. The molecule has 0 atom stereocenters. The summed E-state index contributed by atoms with van der Waals surface area (Å²) >= 11 is 3.42. The largest absolute Gasteiger partial charge is 0.492 e. The molecule has 7 heteroatoms. The van der Waals surface area contributed by atoms with E-state index in [0.717, 1.165) is 16.5 Å². The van der Waals surface area contributed by atoms with Gasteiger partial charge in [-0.2, -0.15) is 0 Å². The highest BCUT2D eigenvalue weighted by molar-refractivity contribution is 9.10. The van der Waals surface area contributed by atoms with Crippen LogP contribution in [0.15, 0.2) is 46.9 Å². The van der Waals surface area contributed by atoms with Crippen molar-refractivity contribution in [1.82, 2.24) is 10.9 Å². The second-order valence-corrected chi connectivity index (χ2v) is 7.46. The number of halogens is 1. The zero-order valence-electron chi connectivity index (χ0n) is 16.3. The van der Waals surface area contributed by atoms with Crippen LogP contribution in [0.2, 0.25) is 0 Å². The van der Waals surface area contributed by atoms with Crippen LogP contribution in [0, 0.1) is 5.92 Å². The highest BCUT2D eigenvalue weighted by Crippen LogP contribution is 2.26. The second-order valence-electron chi connectivity index (χ2n) is 6.61. The Bertz CT molecular complexity index is 824. The van der Waals surface area contributed by atoms with Gasteiger partial charge in [0, 0.05) is 0 Å². The van der Waals surface area contributed by atoms with Gasteiger partial charge in [0.05, 0.1) is 16.6 Å². The molecule has 0 aromatic heterocycles. The van der Waals surface area contributed by atoms with E-state index in [2.05, 4.69) is 33.7 Å². The number of hydrogen-bond acceptors (Lipinski definition) is 4. The maximum Gasteiger partial charge on any atom is 0.276 e. The van der Waals surface area contributed by atoms with Gasteiger partial charge in [0.1, 0.15) is 11.5 Å². The number of benzene rings is 2. The number of nitrogens with one attached hydrogen (secondary N) is 2. The number of hydrogen-bond donors (Lipinski definition) is 2. The van der Waals surface area contributed by atoms with Crippen molar-refractivity contribution in [1.29, 1.82) is 0 Å². The standard InChI is InChI=1S/C21H25BrN2O4/c1-4-15-9-10-19(17(22)11-15)28-13-20(25)23-24-21(26)16-7-5-6-8-18(16)27-12-14(2)3/h5-11,14H,4,12-13H2,1-3H3,(H,23,25)(H,24,26). The lowest BCUT2D eigenvalue weighted by atomic mass is 10.2. The van der Waals surface area contributed by atoms with Crippen molar-refractivity contribution in [2.45, 2.75) is 27.2 Å². The molecule has 0 bridgehead atoms. The fraction of sp³-hybridized carbons (Fsp3) is 0.333. The number of para-hydroxylation sites is 1. The summed E-state index contributed by atoms with van der Waals surface area (Å²) in [5, 5.41) is 0. The molecule has 0 spiro atoms. The molecule has 0 saturated heterocycles. The lowest BCUT2D eigenvalue weighted by Crippen LogP contribution is -2.44. The van der Waals surface area contributed by atoms with Gasteiger partial charge < -0.3 is 9.47 Å². The van der Waals surface area contributed by atoms with Crippen LogP contribution in [0.3, 0.4) is 0 Å². The normalized spacial score (nSPS) is 10.5. The van der Waals surface area contributed by atoms with E-state index < -0.39 is 11.8 Å². The molecule has 150 valence electrons. The Morgan fingerprint density at radius 3 is 2.46 bits per heavy atom. The lowest BCUT2D eigenvalue weighted by molar-refractivity contribution is -0.123. The van der Waals surface area contributed by atoms with E-state index in [-0.39, 0.29) is 6.61 Å². The van der Waals surface area contributed by atoms with Gasteiger partial charge in [-0.1, -0.05) is 39.0 Å². The van der Waals surface area contributed by atoms with E-state index in [4.69, 9.17) is 9.47 Å². The van der Waals surface area contributed by atoms with Crippen molar-refractivity contribution >= 4 is 27.7 Å². The Morgan fingerprint density at radius 2 is 1.79 bits per heavy atom. The molecule has 0 radical (unpaired) electrons. The lowest BCUT2D eigenvalue weighted by Gasteiger charge is -2.14. The smallest absolute Gasteiger partial charge is 0.276 e. The summed E-state index contributed by atoms with van der Waals surface area (Å²) in [6, 6.07) is 12.6. The monoisotopic (exact) mass is 448 g/mol. The average molecular weight is 449 g/mol. The van der Waals surface area contributed by atoms with Gasteiger partial charge in [0.2, 0.25) is 0 Å². The maximum absolute atomic E-state index is 12.4. The average Bonchev–Trinajstić information content (AvgIpc) is 2.69. The number of carbonyl (C=O) groups excluding carboxylic acids is 2. The molecule has 2 aromatic carbocycles. The third-order valence-corrected chi connectivity index (χ3v) is 4.40. The van der Waals surface area contributed by atoms with Crippen LogP contribution in [-0.4, -0.2) is 25.0 Å². The number of rotatable bonds is 8. The maximum atomic E-state index is 12.4. The first kappa shape index (κ1) is 21.8. The molecule has 2 N–H and O–H groups in total. The van der Waals surface area contributed by atoms with Crippen LogP contribution in [0.4, 0.5) is 0 Å². The first-order valence-corrected chi connectivity index (χ1v) is 9.92. The topological polar surface area (TPSA) is 76.7 Å². The molecule has 0 heterocycles. The fourth-order valence-corrected chi connectivity index (χ4v) is 2.83. The minimum Gasteiger partial charge on any atom is -0.492 e. The molecule has 0 aliphatic heterocycles. The van der Waals surface area contributed by atoms with Crippen LogP contribution in [0.5, 0.6) is 11.5 Å². The first-order valence-electron chi connectivity index (χ1n) is 9.13. The molecular formula is C21H25BrN2O4. The molecule has 2 rings (SSSR count). The third kappa shape index (κ3) is 6.56.